The van der Waals surface area contributed by atoms with Gasteiger partial charge >= 0.3 is 0 Å². The summed E-state index contributed by atoms with van der Waals surface area (Å²) in [6, 6.07) is 26.9. The van der Waals surface area contributed by atoms with Gasteiger partial charge in [0.1, 0.15) is 12.1 Å². The minimum absolute atomic E-state index is 0.714. The Bertz CT molecular complexity index is 1680. The molecule has 0 bridgehead atoms. The maximum Gasteiger partial charge on any atom is 0.150 e. The molecule has 1 unspecified atom stereocenters. The van der Waals surface area contributed by atoms with Crippen molar-refractivity contribution in [3.8, 4) is 17.1 Å². The first-order valence-corrected chi connectivity index (χ1v) is 11.1. The number of hydrogen-bond acceptors (Lipinski definition) is 2. The van der Waals surface area contributed by atoms with Gasteiger partial charge in [-0.3, -0.25) is 4.79 Å². The fraction of sp³-hybridized carbons (Fsp3) is 0.0370. The lowest BCUT2D eigenvalue weighted by atomic mass is 10.1. The fourth-order valence-electron chi connectivity index (χ4n) is 4.58. The van der Waals surface area contributed by atoms with Crippen molar-refractivity contribution in [3.05, 3.63) is 90.0 Å². The largest absolute Gasteiger partial charge is 0.338 e. The summed E-state index contributed by atoms with van der Waals surface area (Å²) in [5.41, 5.74) is 7.98. The van der Waals surface area contributed by atoms with E-state index >= 15 is 0 Å². The Balaban J connectivity index is 1.69. The van der Waals surface area contributed by atoms with E-state index in [4.69, 9.17) is 4.98 Å². The van der Waals surface area contributed by atoms with Crippen LogP contribution in [0.1, 0.15) is 15.9 Å². The molecule has 4 nitrogen and oxygen atoms in total. The number of imidazole rings is 1. The quantitative estimate of drug-likeness (QED) is 0.277. The average Bonchev–Trinajstić information content (AvgIpc) is 3.37. The number of carbonyl (C=O) groups excluding carboxylic acids is 1. The van der Waals surface area contributed by atoms with Crippen LogP contribution in [0.15, 0.2) is 78.9 Å². The van der Waals surface area contributed by atoms with Crippen molar-refractivity contribution < 1.29 is 4.79 Å². The van der Waals surface area contributed by atoms with Gasteiger partial charge in [-0.1, -0.05) is 36.4 Å². The van der Waals surface area contributed by atoms with Gasteiger partial charge in [0.05, 0.1) is 22.1 Å². The van der Waals surface area contributed by atoms with Crippen LogP contribution in [0.2, 0.25) is 0 Å². The zero-order chi connectivity index (χ0) is 21.8. The van der Waals surface area contributed by atoms with Crippen LogP contribution in [0.4, 0.5) is 0 Å². The van der Waals surface area contributed by atoms with E-state index in [2.05, 4.69) is 79.5 Å². The van der Waals surface area contributed by atoms with Crippen LogP contribution in [-0.2, 0) is 0 Å². The summed E-state index contributed by atoms with van der Waals surface area (Å²) in [6.07, 6.45) is 0.908. The molecule has 0 saturated carbocycles. The second-order valence-corrected chi connectivity index (χ2v) is 8.74. The lowest BCUT2D eigenvalue weighted by Gasteiger charge is -2.10. The third-order valence-corrected chi connectivity index (χ3v) is 6.46. The zero-order valence-corrected chi connectivity index (χ0v) is 18.6. The second-order valence-electron chi connectivity index (χ2n) is 8.07. The molecule has 2 aromatic heterocycles. The van der Waals surface area contributed by atoms with Crippen molar-refractivity contribution in [1.82, 2.24) is 14.5 Å². The van der Waals surface area contributed by atoms with E-state index in [1.807, 2.05) is 25.1 Å². The number of aromatic amines is 1. The first-order valence-electron chi connectivity index (χ1n) is 10.5. The third kappa shape index (κ3) is 2.80. The molecule has 0 fully saturated rings. The molecule has 1 atom stereocenters. The van der Waals surface area contributed by atoms with E-state index in [9.17, 15) is 4.79 Å². The minimum Gasteiger partial charge on any atom is -0.338 e. The first-order chi connectivity index (χ1) is 15.6. The topological polar surface area (TPSA) is 50.7 Å². The minimum atomic E-state index is 0.714. The maximum atomic E-state index is 11.3. The number of rotatable bonds is 3. The molecule has 0 amide bonds. The molecule has 154 valence electrons. The molecule has 1 N–H and O–H groups in total. The van der Waals surface area contributed by atoms with Crippen LogP contribution < -0.4 is 5.30 Å². The van der Waals surface area contributed by atoms with Crippen molar-refractivity contribution >= 4 is 53.7 Å². The predicted octanol–water partition coefficient (Wildman–Crippen LogP) is 5.95. The maximum absolute atomic E-state index is 11.3. The summed E-state index contributed by atoms with van der Waals surface area (Å²) in [6.45, 7) is 1.97. The number of fused-ring (bicyclic) bond motifs is 4. The molecule has 0 aliphatic carbocycles. The number of benzene rings is 4. The van der Waals surface area contributed by atoms with Gasteiger partial charge in [0.25, 0.3) is 0 Å². The summed E-state index contributed by atoms with van der Waals surface area (Å²) in [5, 5.41) is 3.45. The number of hydrogen-bond donors (Lipinski definition) is 1. The standard InChI is InChI=1S/C27H20N3OP/c1-16-13-18(10-9-17(16)15-31)30-24-7-3-2-5-20(24)26-21(6-4-8-25(26)30)27-28-22-12-11-19(32)14-23(22)29-27/h2-15H,32H2,1H3,(H,28,29). The third-order valence-electron chi connectivity index (χ3n) is 6.10. The lowest BCUT2D eigenvalue weighted by Crippen LogP contribution is -1.96. The Morgan fingerprint density at radius 3 is 2.62 bits per heavy atom. The number of para-hydroxylation sites is 1. The Morgan fingerprint density at radius 2 is 1.78 bits per heavy atom. The van der Waals surface area contributed by atoms with Crippen LogP contribution >= 0.6 is 9.24 Å². The second kappa shape index (κ2) is 7.15. The summed E-state index contributed by atoms with van der Waals surface area (Å²) in [4.78, 5) is 19.7. The van der Waals surface area contributed by atoms with Crippen molar-refractivity contribution in [2.75, 3.05) is 0 Å². The van der Waals surface area contributed by atoms with Gasteiger partial charge < -0.3 is 9.55 Å². The van der Waals surface area contributed by atoms with Crippen molar-refractivity contribution in [1.29, 1.82) is 0 Å². The van der Waals surface area contributed by atoms with Gasteiger partial charge in [0.2, 0.25) is 0 Å². The van der Waals surface area contributed by atoms with Crippen LogP contribution in [0.5, 0.6) is 0 Å². The molecule has 6 aromatic rings. The van der Waals surface area contributed by atoms with Crippen LogP contribution in [0, 0.1) is 6.92 Å². The number of aryl methyl sites for hydroxylation is 1. The van der Waals surface area contributed by atoms with E-state index in [0.717, 1.165) is 61.7 Å². The van der Waals surface area contributed by atoms with E-state index in [0.29, 0.717) is 5.56 Å². The molecule has 0 aliphatic rings. The zero-order valence-electron chi connectivity index (χ0n) is 17.5. The van der Waals surface area contributed by atoms with Gasteiger partial charge in [-0.05, 0) is 60.3 Å². The summed E-state index contributed by atoms with van der Waals surface area (Å²) in [5.74, 6) is 0.858. The van der Waals surface area contributed by atoms with Crippen LogP contribution in [-0.4, -0.2) is 20.8 Å². The Hall–Kier alpha value is -3.75. The number of carbonyl (C=O) groups is 1. The highest BCUT2D eigenvalue weighted by molar-refractivity contribution is 7.27. The molecule has 0 radical (unpaired) electrons. The van der Waals surface area contributed by atoms with Crippen molar-refractivity contribution in [2.24, 2.45) is 0 Å². The molecule has 6 rings (SSSR count). The molecule has 0 saturated heterocycles. The Kier molecular flexibility index (Phi) is 4.24. The normalized spacial score (nSPS) is 11.6. The number of nitrogens with zero attached hydrogens (tertiary/aromatic N) is 2. The summed E-state index contributed by atoms with van der Waals surface area (Å²) in [7, 11) is 2.74. The molecular formula is C27H20N3OP. The molecular weight excluding hydrogens is 413 g/mol. The van der Waals surface area contributed by atoms with E-state index in [1.54, 1.807) is 0 Å². The predicted molar refractivity (Wildman–Crippen MR) is 135 cm³/mol. The smallest absolute Gasteiger partial charge is 0.150 e. The van der Waals surface area contributed by atoms with E-state index in [-0.39, 0.29) is 0 Å². The molecule has 32 heavy (non-hydrogen) atoms. The molecule has 5 heteroatoms. The fourth-order valence-corrected chi connectivity index (χ4v) is 4.84. The molecule has 0 spiro atoms. The summed E-state index contributed by atoms with van der Waals surface area (Å²) >= 11 is 0. The number of aromatic nitrogens is 3. The van der Waals surface area contributed by atoms with Crippen LogP contribution in [0.25, 0.3) is 49.9 Å². The van der Waals surface area contributed by atoms with Gasteiger partial charge in [0, 0.05) is 27.6 Å². The Morgan fingerprint density at radius 1 is 0.938 bits per heavy atom. The summed E-state index contributed by atoms with van der Waals surface area (Å²) < 4.78 is 2.26. The first kappa shape index (κ1) is 19.0. The molecule has 4 aromatic carbocycles. The molecule has 0 aliphatic heterocycles. The van der Waals surface area contributed by atoms with Gasteiger partial charge in [-0.15, -0.1) is 9.24 Å². The van der Waals surface area contributed by atoms with Crippen molar-refractivity contribution in [2.45, 2.75) is 6.92 Å². The highest BCUT2D eigenvalue weighted by Gasteiger charge is 2.18. The van der Waals surface area contributed by atoms with Crippen molar-refractivity contribution in [3.63, 3.8) is 0 Å². The average molecular weight is 433 g/mol. The monoisotopic (exact) mass is 433 g/mol. The van der Waals surface area contributed by atoms with Gasteiger partial charge in [0.15, 0.2) is 0 Å². The highest BCUT2D eigenvalue weighted by atomic mass is 31.0. The van der Waals surface area contributed by atoms with Crippen LogP contribution in [0.3, 0.4) is 0 Å². The SMILES string of the molecule is Cc1cc(-n2c3ccccc3c3c(-c4nc5ccc(P)cc5[nH]4)cccc32)ccc1C=O. The lowest BCUT2D eigenvalue weighted by molar-refractivity contribution is 0.112. The Labute approximate surface area is 187 Å². The number of H-pyrrole nitrogens is 1. The number of aldehydes is 1. The highest BCUT2D eigenvalue weighted by Crippen LogP contribution is 2.38. The van der Waals surface area contributed by atoms with E-state index in [1.165, 1.54) is 5.39 Å². The van der Waals surface area contributed by atoms with E-state index < -0.39 is 0 Å². The van der Waals surface area contributed by atoms with Gasteiger partial charge in [-0.25, -0.2) is 4.98 Å². The number of nitrogens with one attached hydrogen (secondary N) is 1. The molecule has 2 heterocycles. The van der Waals surface area contributed by atoms with Gasteiger partial charge in [-0.2, -0.15) is 0 Å².